The Hall–Kier alpha value is -1.49. The van der Waals surface area contributed by atoms with Crippen molar-refractivity contribution in [2.75, 3.05) is 13.4 Å². The Labute approximate surface area is 117 Å². The number of ether oxygens (including phenoxy) is 2. The zero-order chi connectivity index (χ0) is 14.3. The van der Waals surface area contributed by atoms with Crippen molar-refractivity contribution in [3.63, 3.8) is 0 Å². The summed E-state index contributed by atoms with van der Waals surface area (Å²) in [5.74, 6) is 1.19. The minimum atomic E-state index is -0.290. The molecule has 0 aliphatic carbocycles. The van der Waals surface area contributed by atoms with Gasteiger partial charge in [0, 0.05) is 23.3 Å². The first kappa shape index (κ1) is 15.6. The number of rotatable bonds is 7. The van der Waals surface area contributed by atoms with E-state index in [1.807, 2.05) is 13.2 Å². The zero-order valence-corrected chi connectivity index (χ0v) is 12.2. The highest BCUT2D eigenvalue weighted by Crippen LogP contribution is 2.34. The van der Waals surface area contributed by atoms with Crippen LogP contribution in [-0.2, 0) is 10.5 Å². The SMILES string of the molecule is CCCC(=O)Oc1c(CSC)cc(C=O)cc1OC. The lowest BCUT2D eigenvalue weighted by Gasteiger charge is -2.14. The van der Waals surface area contributed by atoms with Crippen LogP contribution in [0.4, 0.5) is 0 Å². The van der Waals surface area contributed by atoms with E-state index in [2.05, 4.69) is 0 Å². The predicted octanol–water partition coefficient (Wildman–Crippen LogP) is 3.08. The second-order valence-electron chi connectivity index (χ2n) is 3.99. The fourth-order valence-electron chi connectivity index (χ4n) is 1.65. The summed E-state index contributed by atoms with van der Waals surface area (Å²) in [5, 5.41) is 0. The van der Waals surface area contributed by atoms with Crippen molar-refractivity contribution in [3.8, 4) is 11.5 Å². The van der Waals surface area contributed by atoms with Gasteiger partial charge in [-0.15, -0.1) is 0 Å². The Morgan fingerprint density at radius 1 is 1.42 bits per heavy atom. The Bertz CT molecular complexity index is 457. The molecule has 0 saturated carbocycles. The van der Waals surface area contributed by atoms with E-state index in [9.17, 15) is 9.59 Å². The minimum Gasteiger partial charge on any atom is -0.493 e. The van der Waals surface area contributed by atoms with E-state index in [1.165, 1.54) is 7.11 Å². The largest absolute Gasteiger partial charge is 0.493 e. The number of carbonyl (C=O) groups excluding carboxylic acids is 2. The van der Waals surface area contributed by atoms with Crippen LogP contribution in [0, 0.1) is 0 Å². The summed E-state index contributed by atoms with van der Waals surface area (Å²) in [4.78, 5) is 22.5. The van der Waals surface area contributed by atoms with Gasteiger partial charge >= 0.3 is 5.97 Å². The molecule has 1 aromatic rings. The van der Waals surface area contributed by atoms with Gasteiger partial charge in [-0.2, -0.15) is 11.8 Å². The van der Waals surface area contributed by atoms with Gasteiger partial charge in [0.2, 0.25) is 0 Å². The molecule has 0 bridgehead atoms. The Kier molecular flexibility index (Phi) is 6.42. The molecule has 4 nitrogen and oxygen atoms in total. The molecule has 1 rings (SSSR count). The molecular formula is C14H18O4S. The van der Waals surface area contributed by atoms with Gasteiger partial charge in [-0.3, -0.25) is 9.59 Å². The normalized spacial score (nSPS) is 10.1. The lowest BCUT2D eigenvalue weighted by atomic mass is 10.1. The van der Waals surface area contributed by atoms with Crippen molar-refractivity contribution in [1.29, 1.82) is 0 Å². The van der Waals surface area contributed by atoms with Crippen LogP contribution in [0.2, 0.25) is 0 Å². The second kappa shape index (κ2) is 7.84. The maximum Gasteiger partial charge on any atom is 0.311 e. The molecule has 1 aromatic carbocycles. The Morgan fingerprint density at radius 3 is 2.68 bits per heavy atom. The van der Waals surface area contributed by atoms with Gasteiger partial charge in [0.05, 0.1) is 7.11 Å². The average Bonchev–Trinajstić information content (AvgIpc) is 2.41. The average molecular weight is 282 g/mol. The minimum absolute atomic E-state index is 0.290. The summed E-state index contributed by atoms with van der Waals surface area (Å²) in [7, 11) is 1.49. The quantitative estimate of drug-likeness (QED) is 0.437. The van der Waals surface area contributed by atoms with Crippen LogP contribution in [0.25, 0.3) is 0 Å². The highest BCUT2D eigenvalue weighted by atomic mass is 32.2. The van der Waals surface area contributed by atoms with Gasteiger partial charge in [0.1, 0.15) is 6.29 Å². The molecule has 5 heteroatoms. The lowest BCUT2D eigenvalue weighted by Crippen LogP contribution is -2.10. The third-order valence-corrected chi connectivity index (χ3v) is 3.08. The molecule has 0 atom stereocenters. The fraction of sp³-hybridized carbons (Fsp3) is 0.429. The van der Waals surface area contributed by atoms with E-state index in [1.54, 1.807) is 23.9 Å². The monoisotopic (exact) mass is 282 g/mol. The number of thioether (sulfide) groups is 1. The van der Waals surface area contributed by atoms with Crippen LogP contribution in [0.3, 0.4) is 0 Å². The summed E-state index contributed by atoms with van der Waals surface area (Å²) in [5.41, 5.74) is 1.30. The fourth-order valence-corrected chi connectivity index (χ4v) is 2.18. The van der Waals surface area contributed by atoms with Crippen LogP contribution in [-0.4, -0.2) is 25.6 Å². The summed E-state index contributed by atoms with van der Waals surface area (Å²) < 4.78 is 10.6. The number of carbonyl (C=O) groups is 2. The maximum absolute atomic E-state index is 11.6. The van der Waals surface area contributed by atoms with Crippen molar-refractivity contribution in [3.05, 3.63) is 23.3 Å². The molecule has 19 heavy (non-hydrogen) atoms. The standard InChI is InChI=1S/C14H18O4S/c1-4-5-13(16)18-14-11(9-19-3)6-10(8-15)7-12(14)17-2/h6-8H,4-5,9H2,1-3H3. The second-order valence-corrected chi connectivity index (χ2v) is 4.85. The molecule has 0 aromatic heterocycles. The van der Waals surface area contributed by atoms with E-state index in [0.717, 1.165) is 18.3 Å². The van der Waals surface area contributed by atoms with E-state index >= 15 is 0 Å². The molecule has 0 unspecified atom stereocenters. The van der Waals surface area contributed by atoms with Gasteiger partial charge in [-0.25, -0.2) is 0 Å². The van der Waals surface area contributed by atoms with Crippen molar-refractivity contribution < 1.29 is 19.1 Å². The van der Waals surface area contributed by atoms with Crippen molar-refractivity contribution in [2.24, 2.45) is 0 Å². The first-order valence-corrected chi connectivity index (χ1v) is 7.41. The molecular weight excluding hydrogens is 264 g/mol. The predicted molar refractivity (Wildman–Crippen MR) is 76.1 cm³/mol. The topological polar surface area (TPSA) is 52.6 Å². The first-order valence-electron chi connectivity index (χ1n) is 6.01. The lowest BCUT2D eigenvalue weighted by molar-refractivity contribution is -0.134. The van der Waals surface area contributed by atoms with E-state index < -0.39 is 0 Å². The summed E-state index contributed by atoms with van der Waals surface area (Å²) in [6, 6.07) is 3.30. The van der Waals surface area contributed by atoms with Gasteiger partial charge in [0.25, 0.3) is 0 Å². The summed E-state index contributed by atoms with van der Waals surface area (Å²) in [6.07, 6.45) is 3.78. The number of hydrogen-bond acceptors (Lipinski definition) is 5. The molecule has 0 radical (unpaired) electrons. The Morgan fingerprint density at radius 2 is 2.16 bits per heavy atom. The number of methoxy groups -OCH3 is 1. The molecule has 104 valence electrons. The smallest absolute Gasteiger partial charge is 0.311 e. The summed E-state index contributed by atoms with van der Waals surface area (Å²) in [6.45, 7) is 1.91. The molecule has 0 aliphatic heterocycles. The van der Waals surface area contributed by atoms with Gasteiger partial charge in [-0.1, -0.05) is 6.92 Å². The van der Waals surface area contributed by atoms with Crippen molar-refractivity contribution in [1.82, 2.24) is 0 Å². The van der Waals surface area contributed by atoms with E-state index in [-0.39, 0.29) is 5.97 Å². The molecule has 0 N–H and O–H groups in total. The molecule has 0 heterocycles. The highest BCUT2D eigenvalue weighted by molar-refractivity contribution is 7.97. The van der Waals surface area contributed by atoms with Crippen LogP contribution in [0.1, 0.15) is 35.7 Å². The third kappa shape index (κ3) is 4.28. The van der Waals surface area contributed by atoms with Crippen LogP contribution in [0.5, 0.6) is 11.5 Å². The molecule has 0 fully saturated rings. The van der Waals surface area contributed by atoms with E-state index in [0.29, 0.717) is 29.2 Å². The van der Waals surface area contributed by atoms with Crippen molar-refractivity contribution in [2.45, 2.75) is 25.5 Å². The highest BCUT2D eigenvalue weighted by Gasteiger charge is 2.16. The van der Waals surface area contributed by atoms with Crippen molar-refractivity contribution >= 4 is 24.0 Å². The number of benzene rings is 1. The summed E-state index contributed by atoms with van der Waals surface area (Å²) >= 11 is 1.58. The number of hydrogen-bond donors (Lipinski definition) is 0. The first-order chi connectivity index (χ1) is 9.15. The molecule has 0 spiro atoms. The zero-order valence-electron chi connectivity index (χ0n) is 11.4. The van der Waals surface area contributed by atoms with Gasteiger partial charge < -0.3 is 9.47 Å². The molecule has 0 aliphatic rings. The van der Waals surface area contributed by atoms with Crippen LogP contribution < -0.4 is 9.47 Å². The van der Waals surface area contributed by atoms with Crippen LogP contribution >= 0.6 is 11.8 Å². The Balaban J connectivity index is 3.16. The van der Waals surface area contributed by atoms with Crippen LogP contribution in [0.15, 0.2) is 12.1 Å². The molecule has 0 saturated heterocycles. The van der Waals surface area contributed by atoms with Gasteiger partial charge in [0.15, 0.2) is 11.5 Å². The maximum atomic E-state index is 11.6. The van der Waals surface area contributed by atoms with E-state index in [4.69, 9.17) is 9.47 Å². The number of aldehydes is 1. The third-order valence-electron chi connectivity index (χ3n) is 2.48. The number of esters is 1. The molecule has 0 amide bonds. The van der Waals surface area contributed by atoms with Gasteiger partial charge in [-0.05, 0) is 24.8 Å².